The summed E-state index contributed by atoms with van der Waals surface area (Å²) in [6, 6.07) is 5.79. The van der Waals surface area contributed by atoms with Crippen LogP contribution in [-0.4, -0.2) is 38.3 Å². The van der Waals surface area contributed by atoms with Crippen molar-refractivity contribution in [1.29, 1.82) is 0 Å². The quantitative estimate of drug-likeness (QED) is 0.775. The normalized spacial score (nSPS) is 23.4. The van der Waals surface area contributed by atoms with Crippen LogP contribution < -0.4 is 5.32 Å². The Hall–Kier alpha value is -2.21. The van der Waals surface area contributed by atoms with Crippen LogP contribution in [0, 0.1) is 5.92 Å². The molecule has 0 aromatic carbocycles. The molecule has 0 saturated heterocycles. The van der Waals surface area contributed by atoms with Gasteiger partial charge in [-0.1, -0.05) is 6.07 Å². The van der Waals surface area contributed by atoms with Gasteiger partial charge in [0.1, 0.15) is 0 Å². The second-order valence-electron chi connectivity index (χ2n) is 6.87. The Morgan fingerprint density at radius 1 is 1.38 bits per heavy atom. The zero-order valence-electron chi connectivity index (χ0n) is 13.5. The van der Waals surface area contributed by atoms with Gasteiger partial charge in [-0.2, -0.15) is 5.10 Å². The number of hydrogen-bond acceptors (Lipinski definition) is 4. The van der Waals surface area contributed by atoms with Gasteiger partial charge in [-0.05, 0) is 50.2 Å². The maximum Gasteiger partial charge on any atom is 0.272 e. The highest BCUT2D eigenvalue weighted by Crippen LogP contribution is 2.32. The van der Waals surface area contributed by atoms with Gasteiger partial charge in [-0.25, -0.2) is 0 Å². The van der Waals surface area contributed by atoms with Gasteiger partial charge in [0, 0.05) is 35.6 Å². The first kappa shape index (κ1) is 15.3. The van der Waals surface area contributed by atoms with Crippen molar-refractivity contribution in [2.24, 2.45) is 5.92 Å². The lowest BCUT2D eigenvalue weighted by atomic mass is 9.76. The minimum absolute atomic E-state index is 0.0236. The number of amides is 1. The number of H-pyrrole nitrogens is 1. The Kier molecular flexibility index (Phi) is 4.06. The van der Waals surface area contributed by atoms with Crippen LogP contribution in [0.15, 0.2) is 24.4 Å². The lowest BCUT2D eigenvalue weighted by Crippen LogP contribution is -2.48. The van der Waals surface area contributed by atoms with E-state index < -0.39 is 0 Å². The summed E-state index contributed by atoms with van der Waals surface area (Å²) < 4.78 is 0. The van der Waals surface area contributed by atoms with Gasteiger partial charge in [-0.3, -0.25) is 14.9 Å². The van der Waals surface area contributed by atoms with Crippen LogP contribution in [0.4, 0.5) is 0 Å². The van der Waals surface area contributed by atoms with E-state index in [9.17, 15) is 9.90 Å². The predicted octanol–water partition coefficient (Wildman–Crippen LogP) is 1.41. The minimum Gasteiger partial charge on any atom is -0.393 e. The highest BCUT2D eigenvalue weighted by molar-refractivity contribution is 5.94. The van der Waals surface area contributed by atoms with E-state index in [1.165, 1.54) is 0 Å². The van der Waals surface area contributed by atoms with Gasteiger partial charge in [-0.15, -0.1) is 0 Å². The average molecular weight is 326 g/mol. The number of nitrogens with one attached hydrogen (secondary N) is 2. The van der Waals surface area contributed by atoms with Crippen molar-refractivity contribution in [3.8, 4) is 0 Å². The van der Waals surface area contributed by atoms with Gasteiger partial charge in [0.25, 0.3) is 5.91 Å². The SMILES string of the molecule is O=C(N[C@@H](Cc1ccccn1)C1CC(O)C1)c1n[nH]c2c1CCC2. The molecular weight excluding hydrogens is 304 g/mol. The van der Waals surface area contributed by atoms with E-state index in [1.54, 1.807) is 6.20 Å². The Morgan fingerprint density at radius 2 is 2.25 bits per heavy atom. The molecule has 1 atom stereocenters. The summed E-state index contributed by atoms with van der Waals surface area (Å²) in [5, 5.41) is 20.0. The van der Waals surface area contributed by atoms with Crippen LogP contribution in [0.1, 0.15) is 46.7 Å². The molecule has 2 aromatic rings. The van der Waals surface area contributed by atoms with Crippen molar-refractivity contribution in [2.75, 3.05) is 0 Å². The van der Waals surface area contributed by atoms with Crippen LogP contribution >= 0.6 is 0 Å². The second kappa shape index (κ2) is 6.36. The molecule has 0 unspecified atom stereocenters. The molecule has 0 radical (unpaired) electrons. The highest BCUT2D eigenvalue weighted by atomic mass is 16.3. The molecule has 0 spiro atoms. The number of aliphatic hydroxyl groups excluding tert-OH is 1. The zero-order chi connectivity index (χ0) is 16.5. The molecule has 2 aromatic heterocycles. The molecule has 2 aliphatic rings. The molecule has 24 heavy (non-hydrogen) atoms. The Bertz CT molecular complexity index is 722. The van der Waals surface area contributed by atoms with Crippen molar-refractivity contribution in [3.05, 3.63) is 47.0 Å². The number of aryl methyl sites for hydroxylation is 1. The average Bonchev–Trinajstić information content (AvgIpc) is 3.15. The largest absolute Gasteiger partial charge is 0.393 e. The molecule has 6 nitrogen and oxygen atoms in total. The van der Waals surface area contributed by atoms with Gasteiger partial charge >= 0.3 is 0 Å². The summed E-state index contributed by atoms with van der Waals surface area (Å²) in [5.74, 6) is 0.176. The number of carbonyl (C=O) groups is 1. The fourth-order valence-electron chi connectivity index (χ4n) is 3.78. The number of nitrogens with zero attached hydrogens (tertiary/aromatic N) is 2. The van der Waals surface area contributed by atoms with E-state index in [0.717, 1.165) is 49.1 Å². The van der Waals surface area contributed by atoms with Gasteiger partial charge in [0.05, 0.1) is 6.10 Å². The summed E-state index contributed by atoms with van der Waals surface area (Å²) in [4.78, 5) is 17.1. The summed E-state index contributed by atoms with van der Waals surface area (Å²) in [7, 11) is 0. The number of hydrogen-bond donors (Lipinski definition) is 3. The van der Waals surface area contributed by atoms with E-state index in [0.29, 0.717) is 12.1 Å². The molecule has 2 aliphatic carbocycles. The maximum absolute atomic E-state index is 12.7. The van der Waals surface area contributed by atoms with Crippen LogP contribution in [0.2, 0.25) is 0 Å². The van der Waals surface area contributed by atoms with E-state index >= 15 is 0 Å². The fraction of sp³-hybridized carbons (Fsp3) is 0.500. The smallest absolute Gasteiger partial charge is 0.272 e. The van der Waals surface area contributed by atoms with Crippen LogP contribution in [0.25, 0.3) is 0 Å². The summed E-state index contributed by atoms with van der Waals surface area (Å²) in [6.45, 7) is 0. The molecule has 6 heteroatoms. The standard InChI is InChI=1S/C18H22N4O2/c23-13-8-11(9-13)16(10-12-4-1-2-7-19-12)20-18(24)17-14-5-3-6-15(14)21-22-17/h1-2,4,7,11,13,16,23H,3,5-6,8-10H2,(H,20,24)(H,21,22)/t11?,13?,16-/m0/s1. The molecular formula is C18H22N4O2. The molecule has 1 amide bonds. The Morgan fingerprint density at radius 3 is 3.00 bits per heavy atom. The van der Waals surface area contributed by atoms with Gasteiger partial charge in [0.2, 0.25) is 0 Å². The highest BCUT2D eigenvalue weighted by Gasteiger charge is 2.36. The van der Waals surface area contributed by atoms with Gasteiger partial charge < -0.3 is 10.4 Å². The lowest BCUT2D eigenvalue weighted by Gasteiger charge is -2.38. The van der Waals surface area contributed by atoms with Crippen LogP contribution in [-0.2, 0) is 19.3 Å². The molecule has 1 fully saturated rings. The lowest BCUT2D eigenvalue weighted by molar-refractivity contribution is 0.0237. The van der Waals surface area contributed by atoms with Crippen molar-refractivity contribution in [2.45, 2.75) is 50.7 Å². The number of aromatic amines is 1. The van der Waals surface area contributed by atoms with Crippen molar-refractivity contribution < 1.29 is 9.90 Å². The third kappa shape index (κ3) is 2.94. The minimum atomic E-state index is -0.243. The summed E-state index contributed by atoms with van der Waals surface area (Å²) in [6.07, 6.45) is 6.64. The van der Waals surface area contributed by atoms with E-state index in [-0.39, 0.29) is 24.0 Å². The zero-order valence-corrected chi connectivity index (χ0v) is 13.5. The molecule has 3 N–H and O–H groups in total. The van der Waals surface area contributed by atoms with Crippen molar-refractivity contribution in [3.63, 3.8) is 0 Å². The third-order valence-electron chi connectivity index (χ3n) is 5.21. The number of pyridine rings is 1. The van der Waals surface area contributed by atoms with Crippen molar-refractivity contribution in [1.82, 2.24) is 20.5 Å². The van der Waals surface area contributed by atoms with Crippen LogP contribution in [0.5, 0.6) is 0 Å². The topological polar surface area (TPSA) is 90.9 Å². The summed E-state index contributed by atoms with van der Waals surface area (Å²) >= 11 is 0. The molecule has 4 rings (SSSR count). The number of aromatic nitrogens is 3. The summed E-state index contributed by atoms with van der Waals surface area (Å²) in [5.41, 5.74) is 3.66. The Labute approximate surface area is 140 Å². The number of aliphatic hydroxyl groups is 1. The molecule has 2 heterocycles. The van der Waals surface area contributed by atoms with Crippen LogP contribution in [0.3, 0.4) is 0 Å². The molecule has 0 bridgehead atoms. The van der Waals surface area contributed by atoms with Gasteiger partial charge in [0.15, 0.2) is 5.69 Å². The second-order valence-corrected chi connectivity index (χ2v) is 6.87. The number of carbonyl (C=O) groups excluding carboxylic acids is 1. The maximum atomic E-state index is 12.7. The first-order valence-corrected chi connectivity index (χ1v) is 8.65. The van der Waals surface area contributed by atoms with E-state index in [2.05, 4.69) is 20.5 Å². The monoisotopic (exact) mass is 326 g/mol. The molecule has 1 saturated carbocycles. The predicted molar refractivity (Wildman–Crippen MR) is 88.5 cm³/mol. The van der Waals surface area contributed by atoms with Crippen molar-refractivity contribution >= 4 is 5.91 Å². The molecule has 126 valence electrons. The van der Waals surface area contributed by atoms with E-state index in [1.807, 2.05) is 18.2 Å². The third-order valence-corrected chi connectivity index (χ3v) is 5.21. The Balaban J connectivity index is 1.49. The first-order chi connectivity index (χ1) is 11.7. The molecule has 0 aliphatic heterocycles. The first-order valence-electron chi connectivity index (χ1n) is 8.65. The fourth-order valence-corrected chi connectivity index (χ4v) is 3.78. The number of rotatable bonds is 5. The number of fused-ring (bicyclic) bond motifs is 1. The van der Waals surface area contributed by atoms with E-state index in [4.69, 9.17) is 0 Å².